The number of nitrogens with one attached hydrogen (secondary N) is 1. The summed E-state index contributed by atoms with van der Waals surface area (Å²) in [5, 5.41) is 3.00. The Hall–Kier alpha value is -1.55. The summed E-state index contributed by atoms with van der Waals surface area (Å²) >= 11 is 6.01. The molecule has 0 unspecified atom stereocenters. The van der Waals surface area contributed by atoms with Crippen molar-refractivity contribution in [2.45, 2.75) is 90.9 Å². The summed E-state index contributed by atoms with van der Waals surface area (Å²) in [4.78, 5) is 23.3. The first-order valence-electron chi connectivity index (χ1n) is 10.8. The molecule has 0 bridgehead atoms. The van der Waals surface area contributed by atoms with E-state index in [1.165, 1.54) is 71.1 Å². The summed E-state index contributed by atoms with van der Waals surface area (Å²) in [5.74, 6) is -0.616. The monoisotopic (exact) mass is 409 g/mol. The summed E-state index contributed by atoms with van der Waals surface area (Å²) in [6, 6.07) is 4.75. The van der Waals surface area contributed by atoms with Crippen LogP contribution < -0.4 is 5.32 Å². The molecule has 0 radical (unpaired) electrons. The van der Waals surface area contributed by atoms with Crippen molar-refractivity contribution >= 4 is 29.2 Å². The van der Waals surface area contributed by atoms with E-state index in [0.717, 1.165) is 12.8 Å². The van der Waals surface area contributed by atoms with Gasteiger partial charge in [0.05, 0.1) is 22.9 Å². The van der Waals surface area contributed by atoms with Gasteiger partial charge in [0, 0.05) is 6.92 Å². The van der Waals surface area contributed by atoms with Gasteiger partial charge in [0.25, 0.3) is 0 Å². The Morgan fingerprint density at radius 2 is 1.43 bits per heavy atom. The number of halogens is 1. The van der Waals surface area contributed by atoms with Crippen LogP contribution in [0.2, 0.25) is 5.02 Å². The van der Waals surface area contributed by atoms with E-state index in [2.05, 4.69) is 12.2 Å². The number of amides is 1. The quantitative estimate of drug-likeness (QED) is 0.247. The molecule has 5 heteroatoms. The molecule has 158 valence electrons. The maximum Gasteiger partial charge on any atom is 0.338 e. The Balaban J connectivity index is 2.07. The molecule has 0 saturated heterocycles. The first kappa shape index (κ1) is 24.5. The maximum absolute atomic E-state index is 12.1. The fraction of sp³-hybridized carbons (Fsp3) is 0.652. The van der Waals surface area contributed by atoms with Gasteiger partial charge in [-0.3, -0.25) is 4.79 Å². The van der Waals surface area contributed by atoms with Crippen molar-refractivity contribution in [2.75, 3.05) is 11.9 Å². The molecule has 0 aliphatic carbocycles. The van der Waals surface area contributed by atoms with Crippen LogP contribution in [-0.4, -0.2) is 18.5 Å². The van der Waals surface area contributed by atoms with Gasteiger partial charge in [-0.15, -0.1) is 0 Å². The molecule has 28 heavy (non-hydrogen) atoms. The van der Waals surface area contributed by atoms with Crippen LogP contribution >= 0.6 is 11.6 Å². The van der Waals surface area contributed by atoms with E-state index >= 15 is 0 Å². The fourth-order valence-corrected chi connectivity index (χ4v) is 3.29. The molecule has 0 saturated carbocycles. The summed E-state index contributed by atoms with van der Waals surface area (Å²) in [7, 11) is 0. The molecule has 4 nitrogen and oxygen atoms in total. The lowest BCUT2D eigenvalue weighted by Gasteiger charge is -2.08. The third kappa shape index (κ3) is 11.3. The molecule has 0 atom stereocenters. The fourth-order valence-electron chi connectivity index (χ4n) is 3.13. The topological polar surface area (TPSA) is 55.4 Å². The SMILES string of the molecule is CCCCCCCCCCCCCCOC(=O)c1ccc(Cl)c(NC(C)=O)c1. The molecule has 0 spiro atoms. The number of unbranched alkanes of at least 4 members (excludes halogenated alkanes) is 11. The normalized spacial score (nSPS) is 10.7. The van der Waals surface area contributed by atoms with Crippen molar-refractivity contribution in [2.24, 2.45) is 0 Å². The number of rotatable bonds is 15. The molecule has 0 fully saturated rings. The predicted molar refractivity (Wildman–Crippen MR) is 117 cm³/mol. The van der Waals surface area contributed by atoms with Gasteiger partial charge in [-0.05, 0) is 24.6 Å². The van der Waals surface area contributed by atoms with Crippen LogP contribution in [0.1, 0.15) is 101 Å². The Kier molecular flexibility index (Phi) is 13.5. The molecule has 1 aromatic carbocycles. The summed E-state index contributed by atoms with van der Waals surface area (Å²) in [5.41, 5.74) is 0.820. The van der Waals surface area contributed by atoms with Crippen molar-refractivity contribution in [1.82, 2.24) is 0 Å². The van der Waals surface area contributed by atoms with E-state index in [4.69, 9.17) is 16.3 Å². The van der Waals surface area contributed by atoms with E-state index in [9.17, 15) is 9.59 Å². The average molecular weight is 410 g/mol. The van der Waals surface area contributed by atoms with Gasteiger partial charge >= 0.3 is 5.97 Å². The van der Waals surface area contributed by atoms with Gasteiger partial charge in [-0.1, -0.05) is 89.2 Å². The third-order valence-corrected chi connectivity index (χ3v) is 5.07. The zero-order valence-corrected chi connectivity index (χ0v) is 18.3. The van der Waals surface area contributed by atoms with Crippen molar-refractivity contribution < 1.29 is 14.3 Å². The standard InChI is InChI=1S/C23H36ClNO3/c1-3-4-5-6-7-8-9-10-11-12-13-14-17-28-23(27)20-15-16-21(24)22(18-20)25-19(2)26/h15-16,18H,3-14,17H2,1-2H3,(H,25,26). The average Bonchev–Trinajstić information content (AvgIpc) is 2.66. The summed E-state index contributed by atoms with van der Waals surface area (Å²) in [6.07, 6.45) is 15.3. The Morgan fingerprint density at radius 1 is 0.893 bits per heavy atom. The first-order valence-corrected chi connectivity index (χ1v) is 11.2. The van der Waals surface area contributed by atoms with E-state index in [0.29, 0.717) is 22.9 Å². The molecule has 0 heterocycles. The number of anilines is 1. The second-order valence-electron chi connectivity index (χ2n) is 7.40. The van der Waals surface area contributed by atoms with Gasteiger partial charge in [-0.2, -0.15) is 0 Å². The van der Waals surface area contributed by atoms with E-state index < -0.39 is 0 Å². The number of esters is 1. The number of carbonyl (C=O) groups excluding carboxylic acids is 2. The van der Waals surface area contributed by atoms with Crippen LogP contribution in [0.25, 0.3) is 0 Å². The molecule has 0 aliphatic rings. The molecule has 1 amide bonds. The van der Waals surface area contributed by atoms with Gasteiger partial charge in [0.1, 0.15) is 0 Å². The highest BCUT2D eigenvalue weighted by atomic mass is 35.5. The van der Waals surface area contributed by atoms with Crippen LogP contribution in [0.15, 0.2) is 18.2 Å². The molecular formula is C23H36ClNO3. The number of benzene rings is 1. The maximum atomic E-state index is 12.1. The highest BCUT2D eigenvalue weighted by molar-refractivity contribution is 6.33. The third-order valence-electron chi connectivity index (χ3n) is 4.74. The van der Waals surface area contributed by atoms with Crippen LogP contribution in [0.3, 0.4) is 0 Å². The zero-order valence-electron chi connectivity index (χ0n) is 17.5. The largest absolute Gasteiger partial charge is 0.462 e. The smallest absolute Gasteiger partial charge is 0.338 e. The lowest BCUT2D eigenvalue weighted by atomic mass is 10.1. The lowest BCUT2D eigenvalue weighted by molar-refractivity contribution is -0.114. The van der Waals surface area contributed by atoms with Crippen molar-refractivity contribution in [3.63, 3.8) is 0 Å². The van der Waals surface area contributed by atoms with Crippen LogP contribution in [0.4, 0.5) is 5.69 Å². The second kappa shape index (κ2) is 15.4. The Morgan fingerprint density at radius 3 is 1.96 bits per heavy atom. The predicted octanol–water partition coefficient (Wildman–Crippen LogP) is 7.16. The molecular weight excluding hydrogens is 374 g/mol. The lowest BCUT2D eigenvalue weighted by Crippen LogP contribution is -2.10. The summed E-state index contributed by atoms with van der Waals surface area (Å²) in [6.45, 7) is 4.08. The second-order valence-corrected chi connectivity index (χ2v) is 7.81. The molecule has 0 aromatic heterocycles. The van der Waals surface area contributed by atoms with Crippen molar-refractivity contribution in [1.29, 1.82) is 0 Å². The minimum Gasteiger partial charge on any atom is -0.462 e. The minimum absolute atomic E-state index is 0.232. The first-order chi connectivity index (χ1) is 13.5. The highest BCUT2D eigenvalue weighted by Gasteiger charge is 2.11. The number of hydrogen-bond acceptors (Lipinski definition) is 3. The molecule has 1 aromatic rings. The Labute approximate surface area is 175 Å². The van der Waals surface area contributed by atoms with Gasteiger partial charge in [0.15, 0.2) is 0 Å². The number of carbonyl (C=O) groups is 2. The zero-order chi connectivity index (χ0) is 20.6. The molecule has 1 N–H and O–H groups in total. The number of hydrogen-bond donors (Lipinski definition) is 1. The molecule has 1 rings (SSSR count). The van der Waals surface area contributed by atoms with Crippen LogP contribution in [0, 0.1) is 0 Å². The van der Waals surface area contributed by atoms with E-state index in [-0.39, 0.29) is 11.9 Å². The van der Waals surface area contributed by atoms with Gasteiger partial charge in [0.2, 0.25) is 5.91 Å². The summed E-state index contributed by atoms with van der Waals surface area (Å²) < 4.78 is 5.33. The van der Waals surface area contributed by atoms with Gasteiger partial charge < -0.3 is 10.1 Å². The number of ether oxygens (including phenoxy) is 1. The van der Waals surface area contributed by atoms with Crippen molar-refractivity contribution in [3.05, 3.63) is 28.8 Å². The van der Waals surface area contributed by atoms with Crippen LogP contribution in [0.5, 0.6) is 0 Å². The minimum atomic E-state index is -0.383. The van der Waals surface area contributed by atoms with E-state index in [1.54, 1.807) is 18.2 Å². The molecule has 0 aliphatic heterocycles. The van der Waals surface area contributed by atoms with Crippen molar-refractivity contribution in [3.8, 4) is 0 Å². The highest BCUT2D eigenvalue weighted by Crippen LogP contribution is 2.23. The Bertz CT molecular complexity index is 589. The van der Waals surface area contributed by atoms with E-state index in [1.807, 2.05) is 0 Å². The van der Waals surface area contributed by atoms with Gasteiger partial charge in [-0.25, -0.2) is 4.79 Å². The van der Waals surface area contributed by atoms with Crippen LogP contribution in [-0.2, 0) is 9.53 Å².